The van der Waals surface area contributed by atoms with Crippen molar-refractivity contribution in [3.63, 3.8) is 0 Å². The smallest absolute Gasteiger partial charge is 0.272 e. The Kier molecular flexibility index (Phi) is 4.92. The molecule has 2 aromatic carbocycles. The number of ether oxygens (including phenoxy) is 1. The highest BCUT2D eigenvalue weighted by Crippen LogP contribution is 2.54. The predicted octanol–water partition coefficient (Wildman–Crippen LogP) is 3.13. The summed E-state index contributed by atoms with van der Waals surface area (Å²) >= 11 is 0. The van der Waals surface area contributed by atoms with Gasteiger partial charge in [-0.2, -0.15) is 15.4 Å². The van der Waals surface area contributed by atoms with Crippen LogP contribution in [-0.2, 0) is 0 Å². The van der Waals surface area contributed by atoms with Gasteiger partial charge in [0.15, 0.2) is 5.82 Å². The Morgan fingerprint density at radius 3 is 2.32 bits per heavy atom. The molecule has 2 aromatic heterocycles. The van der Waals surface area contributed by atoms with Crippen LogP contribution in [0.15, 0.2) is 42.5 Å². The van der Waals surface area contributed by atoms with Crippen LogP contribution in [0.5, 0.6) is 5.75 Å². The zero-order chi connectivity index (χ0) is 25.3. The molecule has 1 aliphatic carbocycles. The first-order valence-electron chi connectivity index (χ1n) is 12.6. The van der Waals surface area contributed by atoms with Crippen LogP contribution in [-0.4, -0.2) is 74.8 Å². The van der Waals surface area contributed by atoms with Crippen molar-refractivity contribution in [2.24, 2.45) is 23.7 Å². The highest BCUT2D eigenvalue weighted by atomic mass is 19.1. The van der Waals surface area contributed by atoms with Crippen LogP contribution in [0, 0.1) is 29.5 Å². The molecule has 1 N–H and O–H groups in total. The summed E-state index contributed by atoms with van der Waals surface area (Å²) in [5, 5.41) is 11.0. The SMILES string of the molecule is CCOc1cc(C(=O)N2C[C@@H]3[C@H](C2)[C@H]2CN(C(=O)c4ccc5n[nH]nc5c4F)C[C@@H]32)nc2ccccc12. The minimum absolute atomic E-state index is 0.0251. The van der Waals surface area contributed by atoms with E-state index in [0.29, 0.717) is 73.4 Å². The van der Waals surface area contributed by atoms with E-state index in [-0.39, 0.29) is 22.9 Å². The molecule has 4 heterocycles. The van der Waals surface area contributed by atoms with E-state index >= 15 is 0 Å². The molecule has 10 heteroatoms. The number of carbonyl (C=O) groups is 2. The number of aromatic amines is 1. The number of amides is 2. The standard InChI is InChI=1S/C27H25FN6O3/c1-2-37-23-9-22(29-20-6-4-3-5-14(20)23)27(36)34-12-18-16-10-33(11-17(16)19(18)13-34)26(35)15-7-8-21-25(24(15)28)31-32-30-21/h3-9,16-19H,2,10-13H2,1H3,(H,30,31,32)/t16-,17+,18+,19-. The minimum Gasteiger partial charge on any atom is -0.493 e. The molecule has 9 nitrogen and oxygen atoms in total. The maximum Gasteiger partial charge on any atom is 0.272 e. The Labute approximate surface area is 211 Å². The summed E-state index contributed by atoms with van der Waals surface area (Å²) in [6.45, 7) is 4.86. The molecule has 3 aliphatic rings. The van der Waals surface area contributed by atoms with Gasteiger partial charge in [-0.3, -0.25) is 9.59 Å². The summed E-state index contributed by atoms with van der Waals surface area (Å²) in [5.41, 5.74) is 1.63. The Bertz CT molecular complexity index is 1550. The van der Waals surface area contributed by atoms with Crippen LogP contribution in [0.4, 0.5) is 4.39 Å². The van der Waals surface area contributed by atoms with E-state index in [9.17, 15) is 14.0 Å². The van der Waals surface area contributed by atoms with Crippen molar-refractivity contribution in [1.29, 1.82) is 0 Å². The van der Waals surface area contributed by atoms with Crippen LogP contribution < -0.4 is 4.74 Å². The monoisotopic (exact) mass is 500 g/mol. The van der Waals surface area contributed by atoms with Gasteiger partial charge in [-0.1, -0.05) is 12.1 Å². The number of halogens is 1. The molecule has 4 atom stereocenters. The third-order valence-corrected chi connectivity index (χ3v) is 8.35. The van der Waals surface area contributed by atoms with E-state index < -0.39 is 5.82 Å². The van der Waals surface area contributed by atoms with Gasteiger partial charge >= 0.3 is 0 Å². The summed E-state index contributed by atoms with van der Waals surface area (Å²) in [6.07, 6.45) is 0. The number of pyridine rings is 1. The fourth-order valence-electron chi connectivity index (χ4n) is 6.61. The Hall–Kier alpha value is -4.08. The molecular formula is C27H25FN6O3. The van der Waals surface area contributed by atoms with Gasteiger partial charge in [0.25, 0.3) is 11.8 Å². The van der Waals surface area contributed by atoms with E-state index in [1.54, 1.807) is 17.0 Å². The predicted molar refractivity (Wildman–Crippen MR) is 133 cm³/mol. The molecule has 1 saturated carbocycles. The molecule has 0 bridgehead atoms. The molecule has 0 radical (unpaired) electrons. The van der Waals surface area contributed by atoms with E-state index in [1.807, 2.05) is 36.1 Å². The van der Waals surface area contributed by atoms with Crippen molar-refractivity contribution < 1.29 is 18.7 Å². The first-order chi connectivity index (χ1) is 18.0. The number of hydrogen-bond donors (Lipinski definition) is 1. The lowest BCUT2D eigenvalue weighted by atomic mass is 9.60. The number of likely N-dealkylation sites (tertiary alicyclic amines) is 2. The number of benzene rings is 2. The number of fused-ring (bicyclic) bond motifs is 6. The number of para-hydroxylation sites is 1. The second kappa shape index (κ2) is 8.22. The zero-order valence-electron chi connectivity index (χ0n) is 20.2. The van der Waals surface area contributed by atoms with E-state index in [4.69, 9.17) is 4.74 Å². The highest BCUT2D eigenvalue weighted by molar-refractivity contribution is 5.98. The fourth-order valence-corrected chi connectivity index (χ4v) is 6.61. The van der Waals surface area contributed by atoms with Crippen LogP contribution in [0.25, 0.3) is 21.9 Å². The van der Waals surface area contributed by atoms with Crippen LogP contribution in [0.1, 0.15) is 27.8 Å². The second-order valence-corrected chi connectivity index (χ2v) is 10.1. The Morgan fingerprint density at radius 2 is 1.62 bits per heavy atom. The number of carbonyl (C=O) groups excluding carboxylic acids is 2. The average Bonchev–Trinajstić information content (AvgIpc) is 3.63. The summed E-state index contributed by atoms with van der Waals surface area (Å²) < 4.78 is 20.7. The van der Waals surface area contributed by atoms with Crippen molar-refractivity contribution in [3.05, 3.63) is 59.5 Å². The molecule has 2 saturated heterocycles. The van der Waals surface area contributed by atoms with Gasteiger partial charge in [0, 0.05) is 37.6 Å². The van der Waals surface area contributed by atoms with E-state index in [2.05, 4.69) is 20.4 Å². The number of H-pyrrole nitrogens is 1. The van der Waals surface area contributed by atoms with Crippen molar-refractivity contribution in [1.82, 2.24) is 30.2 Å². The number of nitrogens with zero attached hydrogens (tertiary/aromatic N) is 5. The first kappa shape index (κ1) is 22.1. The first-order valence-corrected chi connectivity index (χ1v) is 12.6. The van der Waals surface area contributed by atoms with Gasteiger partial charge in [0.2, 0.25) is 0 Å². The summed E-state index contributed by atoms with van der Waals surface area (Å²) in [7, 11) is 0. The zero-order valence-corrected chi connectivity index (χ0v) is 20.2. The van der Waals surface area contributed by atoms with Gasteiger partial charge < -0.3 is 14.5 Å². The summed E-state index contributed by atoms with van der Waals surface area (Å²) in [6, 6.07) is 12.5. The maximum absolute atomic E-state index is 14.9. The minimum atomic E-state index is -0.637. The van der Waals surface area contributed by atoms with Crippen LogP contribution in [0.2, 0.25) is 0 Å². The fraction of sp³-hybridized carbons (Fsp3) is 0.370. The largest absolute Gasteiger partial charge is 0.493 e. The number of rotatable bonds is 4. The lowest BCUT2D eigenvalue weighted by molar-refractivity contribution is 0.0629. The number of aromatic nitrogens is 4. The van der Waals surface area contributed by atoms with Crippen molar-refractivity contribution in [2.45, 2.75) is 6.92 Å². The molecule has 188 valence electrons. The molecule has 0 spiro atoms. The molecule has 2 aliphatic heterocycles. The van der Waals surface area contributed by atoms with Gasteiger partial charge in [0.05, 0.1) is 17.7 Å². The van der Waals surface area contributed by atoms with Gasteiger partial charge in [-0.15, -0.1) is 0 Å². The average molecular weight is 501 g/mol. The lowest BCUT2D eigenvalue weighted by Gasteiger charge is -2.42. The van der Waals surface area contributed by atoms with E-state index in [0.717, 1.165) is 10.9 Å². The normalized spacial score (nSPS) is 24.3. The number of hydrogen-bond acceptors (Lipinski definition) is 6. The van der Waals surface area contributed by atoms with Gasteiger partial charge in [-0.25, -0.2) is 9.37 Å². The van der Waals surface area contributed by atoms with Crippen molar-refractivity contribution in [2.75, 3.05) is 32.8 Å². The van der Waals surface area contributed by atoms with Gasteiger partial charge in [0.1, 0.15) is 22.5 Å². The van der Waals surface area contributed by atoms with Crippen molar-refractivity contribution >= 4 is 33.8 Å². The molecule has 0 unspecified atom stereocenters. The third kappa shape index (κ3) is 3.31. The van der Waals surface area contributed by atoms with Gasteiger partial charge in [-0.05, 0) is 54.9 Å². The summed E-state index contributed by atoms with van der Waals surface area (Å²) in [5.74, 6) is 0.926. The molecule has 4 aromatic rings. The molecule has 2 amide bonds. The Morgan fingerprint density at radius 1 is 0.946 bits per heavy atom. The van der Waals surface area contributed by atoms with Crippen LogP contribution >= 0.6 is 0 Å². The molecule has 3 fully saturated rings. The Balaban J connectivity index is 1.07. The molecule has 7 rings (SSSR count). The van der Waals surface area contributed by atoms with Crippen LogP contribution in [0.3, 0.4) is 0 Å². The topological polar surface area (TPSA) is 104 Å². The third-order valence-electron chi connectivity index (χ3n) is 8.35. The maximum atomic E-state index is 14.9. The molecule has 37 heavy (non-hydrogen) atoms. The van der Waals surface area contributed by atoms with E-state index in [1.165, 1.54) is 6.07 Å². The lowest BCUT2D eigenvalue weighted by Crippen LogP contribution is -2.44. The van der Waals surface area contributed by atoms with Crippen molar-refractivity contribution in [3.8, 4) is 5.75 Å². The highest BCUT2D eigenvalue weighted by Gasteiger charge is 2.59. The quantitative estimate of drug-likeness (QED) is 0.462. The summed E-state index contributed by atoms with van der Waals surface area (Å²) in [4.78, 5) is 34.9. The number of nitrogens with one attached hydrogen (secondary N) is 1. The second-order valence-electron chi connectivity index (χ2n) is 10.1. The molecular weight excluding hydrogens is 475 g/mol.